The fourth-order valence-corrected chi connectivity index (χ4v) is 4.65. The molecule has 1 heterocycles. The number of non-ortho nitro benzene ring substituents is 1. The molecule has 0 spiro atoms. The fraction of sp³-hybridized carbons (Fsp3) is 0.0333. The number of nitro groups is 1. The highest BCUT2D eigenvalue weighted by atomic mass is 35.5. The molecule has 5 rings (SSSR count). The molecule has 0 aliphatic heterocycles. The third-order valence-electron chi connectivity index (χ3n) is 6.07. The molecule has 7 nitrogen and oxygen atoms in total. The molecule has 0 bridgehead atoms. The van der Waals surface area contributed by atoms with Crippen molar-refractivity contribution in [1.29, 1.82) is 0 Å². The number of hydrogen-bond donors (Lipinski definition) is 0. The molecule has 39 heavy (non-hydrogen) atoms. The Labute approximate surface area is 232 Å². The van der Waals surface area contributed by atoms with Gasteiger partial charge >= 0.3 is 5.97 Å². The molecule has 9 heteroatoms. The second-order valence-electron chi connectivity index (χ2n) is 8.56. The van der Waals surface area contributed by atoms with Gasteiger partial charge < -0.3 is 4.74 Å². The van der Waals surface area contributed by atoms with Crippen LogP contribution < -0.4 is 0 Å². The van der Waals surface area contributed by atoms with Gasteiger partial charge in [0, 0.05) is 39.2 Å². The highest BCUT2D eigenvalue weighted by Gasteiger charge is 2.28. The lowest BCUT2D eigenvalue weighted by Gasteiger charge is -2.18. The van der Waals surface area contributed by atoms with E-state index < -0.39 is 22.8 Å². The first-order valence-electron chi connectivity index (χ1n) is 11.7. The van der Waals surface area contributed by atoms with Crippen molar-refractivity contribution in [2.24, 2.45) is 0 Å². The topological polar surface area (TPSA) is 99.4 Å². The molecule has 4 aromatic carbocycles. The Bertz CT molecular complexity index is 1720. The van der Waals surface area contributed by atoms with Crippen LogP contribution in [0.2, 0.25) is 10.0 Å². The van der Waals surface area contributed by atoms with Crippen molar-refractivity contribution in [1.82, 2.24) is 4.98 Å². The van der Waals surface area contributed by atoms with Crippen LogP contribution in [0.15, 0.2) is 103 Å². The predicted molar refractivity (Wildman–Crippen MR) is 149 cm³/mol. The maximum Gasteiger partial charge on any atom is 0.339 e. The zero-order valence-corrected chi connectivity index (χ0v) is 21.6. The van der Waals surface area contributed by atoms with E-state index in [1.165, 1.54) is 24.3 Å². The van der Waals surface area contributed by atoms with Gasteiger partial charge in [-0.25, -0.2) is 9.78 Å². The summed E-state index contributed by atoms with van der Waals surface area (Å²) >= 11 is 12.5. The van der Waals surface area contributed by atoms with Gasteiger partial charge in [0.1, 0.15) is 0 Å². The minimum atomic E-state index is -1.35. The van der Waals surface area contributed by atoms with Crippen molar-refractivity contribution in [3.8, 4) is 11.3 Å². The van der Waals surface area contributed by atoms with Crippen LogP contribution in [0.25, 0.3) is 22.2 Å². The number of carbonyl (C=O) groups excluding carboxylic acids is 2. The number of carbonyl (C=O) groups is 2. The standard InChI is InChI=1S/C30H18Cl2N2O5/c31-20-12-15-23(25(32)16-20)27-17-24(22-8-4-5-9-26(22)33-27)30(36)39-29(28(35)18-6-2-1-3-7-18)19-10-13-21(14-11-19)34(37)38/h1-17,29H/t29-/m1/s1. The van der Waals surface area contributed by atoms with Crippen LogP contribution in [0.5, 0.6) is 0 Å². The number of pyridine rings is 1. The average molecular weight is 557 g/mol. The molecule has 0 saturated heterocycles. The van der Waals surface area contributed by atoms with Gasteiger partial charge in [-0.05, 0) is 42.5 Å². The highest BCUT2D eigenvalue weighted by Crippen LogP contribution is 2.33. The molecule has 0 fully saturated rings. The SMILES string of the molecule is O=C(O[C@@H](C(=O)c1ccccc1)c1ccc([N+](=O)[O-])cc1)c1cc(-c2ccc(Cl)cc2Cl)nc2ccccc12. The van der Waals surface area contributed by atoms with E-state index in [0.29, 0.717) is 43.3 Å². The molecular weight excluding hydrogens is 539 g/mol. The van der Waals surface area contributed by atoms with Crippen molar-refractivity contribution in [3.63, 3.8) is 0 Å². The number of ketones is 1. The van der Waals surface area contributed by atoms with E-state index in [4.69, 9.17) is 27.9 Å². The second kappa shape index (κ2) is 11.0. The van der Waals surface area contributed by atoms with E-state index in [1.54, 1.807) is 78.9 Å². The Morgan fingerprint density at radius 3 is 2.23 bits per heavy atom. The van der Waals surface area contributed by atoms with Crippen molar-refractivity contribution in [2.75, 3.05) is 0 Å². The van der Waals surface area contributed by atoms with Gasteiger partial charge in [0.15, 0.2) is 6.10 Å². The van der Waals surface area contributed by atoms with Crippen LogP contribution in [0.3, 0.4) is 0 Å². The molecule has 1 aromatic heterocycles. The third kappa shape index (κ3) is 5.50. The smallest absolute Gasteiger partial charge is 0.339 e. The van der Waals surface area contributed by atoms with Crippen LogP contribution in [0.4, 0.5) is 5.69 Å². The van der Waals surface area contributed by atoms with Crippen molar-refractivity contribution in [2.45, 2.75) is 6.10 Å². The van der Waals surface area contributed by atoms with Crippen LogP contribution in [-0.2, 0) is 4.74 Å². The van der Waals surface area contributed by atoms with E-state index in [2.05, 4.69) is 4.98 Å². The summed E-state index contributed by atoms with van der Waals surface area (Å²) in [4.78, 5) is 42.5. The summed E-state index contributed by atoms with van der Waals surface area (Å²) in [5.41, 5.74) is 2.14. The third-order valence-corrected chi connectivity index (χ3v) is 6.62. The highest BCUT2D eigenvalue weighted by molar-refractivity contribution is 6.36. The first-order valence-corrected chi connectivity index (χ1v) is 12.5. The normalized spacial score (nSPS) is 11.6. The number of aromatic nitrogens is 1. The number of halogens is 2. The number of nitrogens with zero attached hydrogens (tertiary/aromatic N) is 2. The number of benzene rings is 4. The average Bonchev–Trinajstić information content (AvgIpc) is 2.95. The molecule has 0 radical (unpaired) electrons. The second-order valence-corrected chi connectivity index (χ2v) is 9.40. The summed E-state index contributed by atoms with van der Waals surface area (Å²) in [6.07, 6.45) is -1.35. The molecule has 192 valence electrons. The summed E-state index contributed by atoms with van der Waals surface area (Å²) in [7, 11) is 0. The Morgan fingerprint density at radius 2 is 1.54 bits per heavy atom. The lowest BCUT2D eigenvalue weighted by atomic mass is 9.99. The maximum absolute atomic E-state index is 13.7. The first kappa shape index (κ1) is 26.0. The molecular formula is C30H18Cl2N2O5. The molecule has 0 N–H and O–H groups in total. The molecule has 1 atom stereocenters. The number of fused-ring (bicyclic) bond motifs is 1. The lowest BCUT2D eigenvalue weighted by Crippen LogP contribution is -2.20. The number of para-hydroxylation sites is 1. The van der Waals surface area contributed by atoms with Gasteiger partial charge in [-0.3, -0.25) is 14.9 Å². The molecule has 0 saturated carbocycles. The molecule has 5 aromatic rings. The molecule has 0 aliphatic rings. The number of ether oxygens (including phenoxy) is 1. The summed E-state index contributed by atoms with van der Waals surface area (Å²) < 4.78 is 5.85. The molecule has 0 amide bonds. The summed E-state index contributed by atoms with van der Waals surface area (Å²) in [6.45, 7) is 0. The van der Waals surface area contributed by atoms with Crippen LogP contribution >= 0.6 is 23.2 Å². The Hall–Kier alpha value is -4.59. The predicted octanol–water partition coefficient (Wildman–Crippen LogP) is 7.90. The van der Waals surface area contributed by atoms with Gasteiger partial charge in [0.2, 0.25) is 5.78 Å². The number of esters is 1. The Kier molecular flexibility index (Phi) is 7.36. The van der Waals surface area contributed by atoms with Crippen LogP contribution in [0, 0.1) is 10.1 Å². The van der Waals surface area contributed by atoms with E-state index in [1.807, 2.05) is 0 Å². The van der Waals surface area contributed by atoms with Crippen molar-refractivity contribution in [3.05, 3.63) is 140 Å². The van der Waals surface area contributed by atoms with Gasteiger partial charge in [0.05, 0.1) is 26.7 Å². The first-order chi connectivity index (χ1) is 18.8. The largest absolute Gasteiger partial charge is 0.445 e. The van der Waals surface area contributed by atoms with Crippen LogP contribution in [0.1, 0.15) is 32.4 Å². The Balaban J connectivity index is 1.59. The molecule has 0 unspecified atom stereocenters. The van der Waals surface area contributed by atoms with Crippen LogP contribution in [-0.4, -0.2) is 21.7 Å². The van der Waals surface area contributed by atoms with Crippen molar-refractivity contribution < 1.29 is 19.2 Å². The summed E-state index contributed by atoms with van der Waals surface area (Å²) in [6, 6.07) is 27.2. The van der Waals surface area contributed by atoms with Gasteiger partial charge in [-0.2, -0.15) is 0 Å². The minimum Gasteiger partial charge on any atom is -0.445 e. The summed E-state index contributed by atoms with van der Waals surface area (Å²) in [5.74, 6) is -1.25. The van der Waals surface area contributed by atoms with Gasteiger partial charge in [-0.1, -0.05) is 71.7 Å². The number of rotatable bonds is 7. The number of nitro benzene ring substituents is 1. The van der Waals surface area contributed by atoms with E-state index in [9.17, 15) is 19.7 Å². The van der Waals surface area contributed by atoms with Crippen molar-refractivity contribution >= 4 is 51.5 Å². The number of Topliss-reactive ketones (excluding diaryl/α,β-unsaturated/α-hetero) is 1. The zero-order chi connectivity index (χ0) is 27.5. The van der Waals surface area contributed by atoms with Gasteiger partial charge in [-0.15, -0.1) is 0 Å². The van der Waals surface area contributed by atoms with E-state index in [0.717, 1.165) is 0 Å². The zero-order valence-electron chi connectivity index (χ0n) is 20.1. The summed E-state index contributed by atoms with van der Waals surface area (Å²) in [5, 5.41) is 12.5. The van der Waals surface area contributed by atoms with E-state index in [-0.39, 0.29) is 11.3 Å². The fourth-order valence-electron chi connectivity index (χ4n) is 4.15. The Morgan fingerprint density at radius 1 is 0.846 bits per heavy atom. The monoisotopic (exact) mass is 556 g/mol. The van der Waals surface area contributed by atoms with E-state index >= 15 is 0 Å². The quantitative estimate of drug-likeness (QED) is 0.0873. The minimum absolute atomic E-state index is 0.152. The maximum atomic E-state index is 13.7. The number of hydrogen-bond acceptors (Lipinski definition) is 6. The molecule has 0 aliphatic carbocycles. The lowest BCUT2D eigenvalue weighted by molar-refractivity contribution is -0.384. The van der Waals surface area contributed by atoms with Gasteiger partial charge in [0.25, 0.3) is 5.69 Å².